The molecule has 5 rings (SSSR count). The van der Waals surface area contributed by atoms with Gasteiger partial charge in [-0.05, 0) is 56.0 Å². The summed E-state index contributed by atoms with van der Waals surface area (Å²) in [5, 5.41) is 3.05. The van der Waals surface area contributed by atoms with Crippen LogP contribution in [0.4, 0.5) is 0 Å². The van der Waals surface area contributed by atoms with Crippen LogP contribution in [0.25, 0.3) is 0 Å². The minimum atomic E-state index is -0.894. The quantitative estimate of drug-likeness (QED) is 0.720. The van der Waals surface area contributed by atoms with Gasteiger partial charge in [0.05, 0.1) is 6.61 Å². The van der Waals surface area contributed by atoms with Gasteiger partial charge in [0.1, 0.15) is 11.8 Å². The molecule has 2 aromatic carbocycles. The lowest BCUT2D eigenvalue weighted by atomic mass is 9.95. The molecule has 7 heteroatoms. The molecular formula is C28H33N3O4. The molecule has 1 saturated carbocycles. The minimum Gasteiger partial charge on any atom is -0.353 e. The molecule has 7 nitrogen and oxygen atoms in total. The number of piperidine rings is 1. The zero-order valence-electron chi connectivity index (χ0n) is 20.5. The molecular weight excluding hydrogens is 442 g/mol. The maximum atomic E-state index is 13.8. The van der Waals surface area contributed by atoms with Gasteiger partial charge in [-0.25, -0.2) is 0 Å². The summed E-state index contributed by atoms with van der Waals surface area (Å²) in [6, 6.07) is 14.7. The molecule has 1 atom stereocenters. The van der Waals surface area contributed by atoms with E-state index in [4.69, 9.17) is 4.74 Å². The summed E-state index contributed by atoms with van der Waals surface area (Å²) in [6.07, 6.45) is 3.82. The first kappa shape index (κ1) is 23.5. The predicted molar refractivity (Wildman–Crippen MR) is 132 cm³/mol. The number of rotatable bonds is 5. The topological polar surface area (TPSA) is 79.0 Å². The minimum absolute atomic E-state index is 0.0138. The Morgan fingerprint density at radius 1 is 1.00 bits per heavy atom. The van der Waals surface area contributed by atoms with E-state index in [1.807, 2.05) is 54.3 Å². The van der Waals surface area contributed by atoms with Crippen LogP contribution in [0.15, 0.2) is 48.5 Å². The standard InChI is InChI=1S/C28H33N3O4/c1-3-20-7-9-21(10-8-20)26(33)30-15-13-28(14-16-30)31(27(34)22-6-4-5-19(2)17-22)24(18-35-28)25(32)29-23-11-12-23/h4-10,17,23-24H,3,11-16,18H2,1-2H3,(H,29,32)/t24-/m0/s1. The summed E-state index contributed by atoms with van der Waals surface area (Å²) in [5.74, 6) is -0.364. The van der Waals surface area contributed by atoms with Crippen LogP contribution in [0.1, 0.15) is 64.4 Å². The van der Waals surface area contributed by atoms with Gasteiger partial charge in [0, 0.05) is 43.1 Å². The second kappa shape index (κ2) is 9.46. The number of benzene rings is 2. The van der Waals surface area contributed by atoms with Crippen molar-refractivity contribution >= 4 is 17.7 Å². The van der Waals surface area contributed by atoms with Gasteiger partial charge < -0.3 is 15.0 Å². The fourth-order valence-electron chi connectivity index (χ4n) is 5.13. The number of nitrogens with one attached hydrogen (secondary N) is 1. The Balaban J connectivity index is 1.36. The molecule has 3 fully saturated rings. The van der Waals surface area contributed by atoms with Crippen molar-refractivity contribution in [3.8, 4) is 0 Å². The average Bonchev–Trinajstić information content (AvgIpc) is 3.62. The first-order valence-corrected chi connectivity index (χ1v) is 12.6. The molecule has 0 bridgehead atoms. The fraction of sp³-hybridized carbons (Fsp3) is 0.464. The SMILES string of the molecule is CCc1ccc(C(=O)N2CCC3(CC2)OC[C@@H](C(=O)NC2CC2)N3C(=O)c2cccc(C)c2)cc1. The summed E-state index contributed by atoms with van der Waals surface area (Å²) >= 11 is 0. The number of amides is 3. The van der Waals surface area contributed by atoms with Gasteiger partial charge in [0.25, 0.3) is 11.8 Å². The number of ether oxygens (including phenoxy) is 1. The number of hydrogen-bond acceptors (Lipinski definition) is 4. The molecule has 2 aromatic rings. The van der Waals surface area contributed by atoms with Crippen LogP contribution >= 0.6 is 0 Å². The second-order valence-electron chi connectivity index (χ2n) is 9.94. The maximum Gasteiger partial charge on any atom is 0.256 e. The van der Waals surface area contributed by atoms with E-state index in [-0.39, 0.29) is 30.4 Å². The van der Waals surface area contributed by atoms with E-state index in [1.165, 1.54) is 5.56 Å². The van der Waals surface area contributed by atoms with E-state index < -0.39 is 11.8 Å². The molecule has 2 aliphatic heterocycles. The summed E-state index contributed by atoms with van der Waals surface area (Å²) in [7, 11) is 0. The molecule has 3 amide bonds. The lowest BCUT2D eigenvalue weighted by Gasteiger charge is -2.44. The van der Waals surface area contributed by atoms with Crippen LogP contribution in [0.5, 0.6) is 0 Å². The van der Waals surface area contributed by atoms with Gasteiger partial charge in [-0.2, -0.15) is 0 Å². The number of likely N-dealkylation sites (tertiary alicyclic amines) is 1. The largest absolute Gasteiger partial charge is 0.353 e. The van der Waals surface area contributed by atoms with Crippen LogP contribution in [-0.2, 0) is 16.0 Å². The zero-order valence-corrected chi connectivity index (χ0v) is 20.5. The molecule has 1 aliphatic carbocycles. The van der Waals surface area contributed by atoms with Crippen molar-refractivity contribution in [2.75, 3.05) is 19.7 Å². The summed E-state index contributed by atoms with van der Waals surface area (Å²) in [4.78, 5) is 43.5. The summed E-state index contributed by atoms with van der Waals surface area (Å²) in [5.41, 5.74) is 2.50. The fourth-order valence-corrected chi connectivity index (χ4v) is 5.13. The molecule has 184 valence electrons. The molecule has 1 spiro atoms. The van der Waals surface area contributed by atoms with Crippen molar-refractivity contribution < 1.29 is 19.1 Å². The number of nitrogens with zero attached hydrogens (tertiary/aromatic N) is 2. The number of hydrogen-bond donors (Lipinski definition) is 1. The Kier molecular flexibility index (Phi) is 6.36. The maximum absolute atomic E-state index is 13.8. The predicted octanol–water partition coefficient (Wildman–Crippen LogP) is 3.31. The smallest absolute Gasteiger partial charge is 0.256 e. The van der Waals surface area contributed by atoms with E-state index in [2.05, 4.69) is 12.2 Å². The van der Waals surface area contributed by atoms with Crippen molar-refractivity contribution in [2.24, 2.45) is 0 Å². The monoisotopic (exact) mass is 475 g/mol. The van der Waals surface area contributed by atoms with Crippen molar-refractivity contribution in [3.05, 3.63) is 70.8 Å². The molecule has 3 aliphatic rings. The van der Waals surface area contributed by atoms with E-state index in [9.17, 15) is 14.4 Å². The van der Waals surface area contributed by atoms with Gasteiger partial charge >= 0.3 is 0 Å². The molecule has 35 heavy (non-hydrogen) atoms. The molecule has 1 N–H and O–H groups in total. The van der Waals surface area contributed by atoms with Gasteiger partial charge in [0.15, 0.2) is 0 Å². The average molecular weight is 476 g/mol. The third-order valence-corrected chi connectivity index (χ3v) is 7.41. The van der Waals surface area contributed by atoms with Crippen molar-refractivity contribution in [1.82, 2.24) is 15.1 Å². The third-order valence-electron chi connectivity index (χ3n) is 7.41. The van der Waals surface area contributed by atoms with Gasteiger partial charge in [-0.3, -0.25) is 19.3 Å². The van der Waals surface area contributed by atoms with Crippen LogP contribution in [0.3, 0.4) is 0 Å². The molecule has 2 saturated heterocycles. The Bertz CT molecular complexity index is 1120. The highest BCUT2D eigenvalue weighted by molar-refractivity contribution is 5.99. The lowest BCUT2D eigenvalue weighted by Crippen LogP contribution is -2.60. The molecule has 2 heterocycles. The Morgan fingerprint density at radius 3 is 2.34 bits per heavy atom. The summed E-state index contributed by atoms with van der Waals surface area (Å²) < 4.78 is 6.27. The Morgan fingerprint density at radius 2 is 1.71 bits per heavy atom. The van der Waals surface area contributed by atoms with Crippen LogP contribution in [0.2, 0.25) is 0 Å². The Labute approximate surface area is 206 Å². The number of carbonyl (C=O) groups excluding carboxylic acids is 3. The van der Waals surface area contributed by atoms with Crippen LogP contribution in [-0.4, -0.2) is 65.0 Å². The second-order valence-corrected chi connectivity index (χ2v) is 9.94. The highest BCUT2D eigenvalue weighted by Crippen LogP contribution is 2.39. The van der Waals surface area contributed by atoms with Crippen molar-refractivity contribution in [3.63, 3.8) is 0 Å². The van der Waals surface area contributed by atoms with E-state index >= 15 is 0 Å². The molecule has 0 aromatic heterocycles. The van der Waals surface area contributed by atoms with E-state index in [0.717, 1.165) is 24.8 Å². The van der Waals surface area contributed by atoms with Gasteiger partial charge in [-0.1, -0.05) is 36.8 Å². The van der Waals surface area contributed by atoms with E-state index in [1.54, 1.807) is 11.0 Å². The number of aryl methyl sites for hydroxylation is 2. The zero-order chi connectivity index (χ0) is 24.6. The normalized spacial score (nSPS) is 21.3. The van der Waals surface area contributed by atoms with Crippen LogP contribution in [0, 0.1) is 6.92 Å². The third kappa shape index (κ3) is 4.69. The first-order valence-electron chi connectivity index (χ1n) is 12.6. The van der Waals surface area contributed by atoms with E-state index in [0.29, 0.717) is 37.1 Å². The van der Waals surface area contributed by atoms with Gasteiger partial charge in [-0.15, -0.1) is 0 Å². The molecule has 0 unspecified atom stereocenters. The van der Waals surface area contributed by atoms with Crippen LogP contribution < -0.4 is 5.32 Å². The Hall–Kier alpha value is -3.19. The highest BCUT2D eigenvalue weighted by atomic mass is 16.5. The van der Waals surface area contributed by atoms with Crippen molar-refractivity contribution in [2.45, 2.75) is 63.8 Å². The lowest BCUT2D eigenvalue weighted by molar-refractivity contribution is -0.128. The highest BCUT2D eigenvalue weighted by Gasteiger charge is 2.54. The summed E-state index contributed by atoms with van der Waals surface area (Å²) in [6.45, 7) is 5.13. The van der Waals surface area contributed by atoms with Gasteiger partial charge in [0.2, 0.25) is 5.91 Å². The number of carbonyl (C=O) groups is 3. The molecule has 0 radical (unpaired) electrons. The van der Waals surface area contributed by atoms with Crippen molar-refractivity contribution in [1.29, 1.82) is 0 Å². The first-order chi connectivity index (χ1) is 16.9.